The second kappa shape index (κ2) is 6.67. The highest BCUT2D eigenvalue weighted by Crippen LogP contribution is 2.09. The lowest BCUT2D eigenvalue weighted by Crippen LogP contribution is -2.39. The molecule has 0 saturated heterocycles. The van der Waals surface area contributed by atoms with E-state index in [0.29, 0.717) is 13.0 Å². The van der Waals surface area contributed by atoms with Crippen molar-refractivity contribution in [1.82, 2.24) is 10.0 Å². The molecule has 0 bridgehead atoms. The molecule has 0 aliphatic rings. The number of rotatable bonds is 5. The molecule has 1 rings (SSSR count). The molecule has 0 radical (unpaired) electrons. The molecule has 5 nitrogen and oxygen atoms in total. The van der Waals surface area contributed by atoms with Crippen LogP contribution in [0.2, 0.25) is 0 Å². The molecule has 0 aromatic heterocycles. The summed E-state index contributed by atoms with van der Waals surface area (Å²) >= 11 is 4.86. The van der Waals surface area contributed by atoms with Crippen LogP contribution < -0.4 is 10.0 Å². The number of thiocarbonyl (C=S) groups is 1. The van der Waals surface area contributed by atoms with Gasteiger partial charge in [0.2, 0.25) is 0 Å². The Morgan fingerprint density at radius 1 is 1.33 bits per heavy atom. The van der Waals surface area contributed by atoms with Gasteiger partial charge in [-0.25, -0.2) is 8.42 Å². The molecule has 3 N–H and O–H groups in total. The summed E-state index contributed by atoms with van der Waals surface area (Å²) in [5.41, 5.74) is 0.984. The van der Waals surface area contributed by atoms with Crippen molar-refractivity contribution in [3.8, 4) is 0 Å². The third-order valence-electron chi connectivity index (χ3n) is 2.18. The van der Waals surface area contributed by atoms with Gasteiger partial charge < -0.3 is 10.4 Å². The van der Waals surface area contributed by atoms with Crippen LogP contribution in [0.4, 0.5) is 0 Å². The van der Waals surface area contributed by atoms with Gasteiger partial charge in [0.1, 0.15) is 0 Å². The van der Waals surface area contributed by atoms with Crippen molar-refractivity contribution in [2.24, 2.45) is 0 Å². The van der Waals surface area contributed by atoms with Crippen molar-refractivity contribution >= 4 is 27.4 Å². The predicted octanol–water partition coefficient (Wildman–Crippen LogP) is 0.530. The average molecular weight is 288 g/mol. The number of sulfonamides is 1. The molecule has 0 unspecified atom stereocenters. The fourth-order valence-electron chi connectivity index (χ4n) is 1.22. The Balaban J connectivity index is 2.64. The second-order valence-corrected chi connectivity index (χ2v) is 5.84. The Bertz CT molecular complexity index is 498. The van der Waals surface area contributed by atoms with Gasteiger partial charge in [0.15, 0.2) is 5.11 Å². The summed E-state index contributed by atoms with van der Waals surface area (Å²) in [5, 5.41) is 11.3. The van der Waals surface area contributed by atoms with Gasteiger partial charge in [-0.05, 0) is 37.7 Å². The third kappa shape index (κ3) is 4.59. The molecule has 0 saturated carbocycles. The minimum Gasteiger partial charge on any atom is -0.396 e. The van der Waals surface area contributed by atoms with Crippen LogP contribution in [0.15, 0.2) is 29.2 Å². The zero-order chi connectivity index (χ0) is 13.6. The van der Waals surface area contributed by atoms with Gasteiger partial charge >= 0.3 is 0 Å². The highest BCUT2D eigenvalue weighted by atomic mass is 32.2. The van der Waals surface area contributed by atoms with Crippen molar-refractivity contribution in [3.05, 3.63) is 29.8 Å². The maximum atomic E-state index is 11.9. The molecule has 18 heavy (non-hydrogen) atoms. The number of aryl methyl sites for hydroxylation is 1. The zero-order valence-corrected chi connectivity index (χ0v) is 11.6. The topological polar surface area (TPSA) is 78.4 Å². The molecule has 7 heteroatoms. The van der Waals surface area contributed by atoms with Crippen molar-refractivity contribution in [2.45, 2.75) is 18.2 Å². The standard InChI is InChI=1S/C11H16N2O3S2/c1-9-3-5-10(6-4-9)18(15,16)13-11(17)12-7-2-8-14/h3-6,14H,2,7-8H2,1H3,(H2,12,13,17). The van der Waals surface area contributed by atoms with Crippen LogP contribution in [0.3, 0.4) is 0 Å². The monoisotopic (exact) mass is 288 g/mol. The van der Waals surface area contributed by atoms with Crippen LogP contribution in [0.5, 0.6) is 0 Å². The lowest BCUT2D eigenvalue weighted by Gasteiger charge is -2.10. The third-order valence-corrected chi connectivity index (χ3v) is 3.92. The molecule has 0 atom stereocenters. The first-order chi connectivity index (χ1) is 8.45. The summed E-state index contributed by atoms with van der Waals surface area (Å²) in [5.74, 6) is 0. The molecular weight excluding hydrogens is 272 g/mol. The van der Waals surface area contributed by atoms with Crippen LogP contribution in [0, 0.1) is 6.92 Å². The average Bonchev–Trinajstić information content (AvgIpc) is 2.29. The first-order valence-electron chi connectivity index (χ1n) is 5.44. The Morgan fingerprint density at radius 3 is 2.50 bits per heavy atom. The highest BCUT2D eigenvalue weighted by molar-refractivity contribution is 7.91. The van der Waals surface area contributed by atoms with Crippen molar-refractivity contribution in [3.63, 3.8) is 0 Å². The van der Waals surface area contributed by atoms with Crippen LogP contribution in [-0.4, -0.2) is 31.8 Å². The van der Waals surface area contributed by atoms with E-state index in [0.717, 1.165) is 5.56 Å². The van der Waals surface area contributed by atoms with Gasteiger partial charge in [-0.1, -0.05) is 17.7 Å². The van der Waals surface area contributed by atoms with Gasteiger partial charge in [-0.3, -0.25) is 4.72 Å². The number of benzene rings is 1. The van der Waals surface area contributed by atoms with E-state index in [1.54, 1.807) is 12.1 Å². The predicted molar refractivity (Wildman–Crippen MR) is 73.8 cm³/mol. The first-order valence-corrected chi connectivity index (χ1v) is 7.33. The van der Waals surface area contributed by atoms with E-state index in [9.17, 15) is 8.42 Å². The molecule has 0 spiro atoms. The van der Waals surface area contributed by atoms with Gasteiger partial charge in [0.25, 0.3) is 10.0 Å². The lowest BCUT2D eigenvalue weighted by molar-refractivity contribution is 0.289. The van der Waals surface area contributed by atoms with Crippen LogP contribution in [0.1, 0.15) is 12.0 Å². The molecule has 1 aromatic carbocycles. The zero-order valence-electron chi connectivity index (χ0n) is 10.0. The van der Waals surface area contributed by atoms with Crippen LogP contribution in [0.25, 0.3) is 0 Å². The second-order valence-electron chi connectivity index (χ2n) is 3.75. The maximum absolute atomic E-state index is 11.9. The fourth-order valence-corrected chi connectivity index (χ4v) is 2.58. The largest absolute Gasteiger partial charge is 0.396 e. The molecule has 0 aliphatic carbocycles. The lowest BCUT2D eigenvalue weighted by atomic mass is 10.2. The van der Waals surface area contributed by atoms with Crippen molar-refractivity contribution in [2.75, 3.05) is 13.2 Å². The Hall–Kier alpha value is -1.18. The number of aliphatic hydroxyl groups is 1. The van der Waals surface area contributed by atoms with Gasteiger partial charge in [-0.2, -0.15) is 0 Å². The Morgan fingerprint density at radius 2 is 1.94 bits per heavy atom. The molecule has 0 amide bonds. The van der Waals surface area contributed by atoms with Gasteiger partial charge in [0.05, 0.1) is 4.90 Å². The van der Waals surface area contributed by atoms with E-state index < -0.39 is 10.0 Å². The van der Waals surface area contributed by atoms with E-state index in [2.05, 4.69) is 10.0 Å². The van der Waals surface area contributed by atoms with Gasteiger partial charge in [0, 0.05) is 13.2 Å². The number of hydrogen-bond acceptors (Lipinski definition) is 4. The van der Waals surface area contributed by atoms with Crippen molar-refractivity contribution in [1.29, 1.82) is 0 Å². The summed E-state index contributed by atoms with van der Waals surface area (Å²) in [4.78, 5) is 0.166. The smallest absolute Gasteiger partial charge is 0.263 e. The van der Waals surface area contributed by atoms with E-state index in [4.69, 9.17) is 17.3 Å². The molecular formula is C11H16N2O3S2. The van der Waals surface area contributed by atoms with E-state index in [1.165, 1.54) is 12.1 Å². The summed E-state index contributed by atoms with van der Waals surface area (Å²) in [6, 6.07) is 6.48. The quantitative estimate of drug-likeness (QED) is 0.544. The Kier molecular flexibility index (Phi) is 5.52. The number of hydrogen-bond donors (Lipinski definition) is 3. The number of nitrogens with one attached hydrogen (secondary N) is 2. The van der Waals surface area contributed by atoms with Crippen molar-refractivity contribution < 1.29 is 13.5 Å². The molecule has 0 fully saturated rings. The van der Waals surface area contributed by atoms with E-state index in [-0.39, 0.29) is 16.6 Å². The minimum atomic E-state index is -3.63. The SMILES string of the molecule is Cc1ccc(S(=O)(=O)NC(=S)NCCCO)cc1. The highest BCUT2D eigenvalue weighted by Gasteiger charge is 2.14. The molecule has 1 aromatic rings. The summed E-state index contributed by atoms with van der Waals surface area (Å²) in [7, 11) is -3.63. The summed E-state index contributed by atoms with van der Waals surface area (Å²) in [6.07, 6.45) is 0.506. The van der Waals surface area contributed by atoms with E-state index in [1.807, 2.05) is 6.92 Å². The Labute approximate surface area is 112 Å². The number of aliphatic hydroxyl groups excluding tert-OH is 1. The van der Waals surface area contributed by atoms with Gasteiger partial charge in [-0.15, -0.1) is 0 Å². The maximum Gasteiger partial charge on any atom is 0.263 e. The van der Waals surface area contributed by atoms with Crippen LogP contribution >= 0.6 is 12.2 Å². The first kappa shape index (κ1) is 14.9. The fraction of sp³-hybridized carbons (Fsp3) is 0.364. The minimum absolute atomic E-state index is 0.0281. The normalized spacial score (nSPS) is 11.0. The molecule has 0 heterocycles. The summed E-state index contributed by atoms with van der Waals surface area (Å²) in [6.45, 7) is 2.33. The summed E-state index contributed by atoms with van der Waals surface area (Å²) < 4.78 is 26.1. The van der Waals surface area contributed by atoms with Crippen LogP contribution in [-0.2, 0) is 10.0 Å². The molecule has 0 aliphatic heterocycles. The molecule has 100 valence electrons. The van der Waals surface area contributed by atoms with E-state index >= 15 is 0 Å².